The fourth-order valence-corrected chi connectivity index (χ4v) is 1.97. The van der Waals surface area contributed by atoms with Crippen LogP contribution < -0.4 is 0 Å². The summed E-state index contributed by atoms with van der Waals surface area (Å²) < 4.78 is 5.56. The molecule has 0 radical (unpaired) electrons. The number of hydrogen-bond acceptors (Lipinski definition) is 2. The van der Waals surface area contributed by atoms with Gasteiger partial charge in [-0.3, -0.25) is 0 Å². The van der Waals surface area contributed by atoms with E-state index in [0.717, 1.165) is 23.1 Å². The van der Waals surface area contributed by atoms with Crippen molar-refractivity contribution in [3.63, 3.8) is 0 Å². The zero-order chi connectivity index (χ0) is 10.4. The molecule has 0 saturated carbocycles. The van der Waals surface area contributed by atoms with E-state index < -0.39 is 5.97 Å². The Morgan fingerprint density at radius 3 is 3.07 bits per heavy atom. The van der Waals surface area contributed by atoms with Crippen LogP contribution in [-0.4, -0.2) is 11.1 Å². The van der Waals surface area contributed by atoms with Gasteiger partial charge in [0.25, 0.3) is 0 Å². The second-order valence-corrected chi connectivity index (χ2v) is 3.53. The van der Waals surface area contributed by atoms with Crippen molar-refractivity contribution in [2.24, 2.45) is 0 Å². The summed E-state index contributed by atoms with van der Waals surface area (Å²) >= 11 is 0. The molecule has 1 aliphatic rings. The monoisotopic (exact) mass is 200 g/mol. The number of para-hydroxylation sites is 1. The van der Waals surface area contributed by atoms with Crippen LogP contribution >= 0.6 is 0 Å². The number of allylic oxidation sites excluding steroid dienone is 1. The molecule has 3 nitrogen and oxygen atoms in total. The third-order valence-corrected chi connectivity index (χ3v) is 2.65. The standard InChI is InChI=1S/C12H8O3/c13-12(14)9-5-1-4-8-7-3-2-6-10(7)15-11(8)9/h1-5H,6H2,(H,13,14). The molecule has 0 bridgehead atoms. The fourth-order valence-electron chi connectivity index (χ4n) is 1.97. The number of benzene rings is 1. The van der Waals surface area contributed by atoms with Crippen LogP contribution in [0.3, 0.4) is 0 Å². The van der Waals surface area contributed by atoms with Gasteiger partial charge in [0.1, 0.15) is 16.9 Å². The van der Waals surface area contributed by atoms with E-state index in [1.54, 1.807) is 12.1 Å². The zero-order valence-corrected chi connectivity index (χ0v) is 7.86. The summed E-state index contributed by atoms with van der Waals surface area (Å²) in [5, 5.41) is 9.88. The van der Waals surface area contributed by atoms with Gasteiger partial charge in [0.2, 0.25) is 0 Å². The molecule has 0 fully saturated rings. The first-order valence-electron chi connectivity index (χ1n) is 4.71. The van der Waals surface area contributed by atoms with E-state index in [1.165, 1.54) is 0 Å². The van der Waals surface area contributed by atoms with Crippen LogP contribution in [0.5, 0.6) is 0 Å². The lowest BCUT2D eigenvalue weighted by Gasteiger charge is -1.95. The molecule has 1 aromatic heterocycles. The Hall–Kier alpha value is -2.03. The summed E-state index contributed by atoms with van der Waals surface area (Å²) in [4.78, 5) is 11.0. The van der Waals surface area contributed by atoms with E-state index in [2.05, 4.69) is 0 Å². The molecule has 0 atom stereocenters. The first kappa shape index (κ1) is 8.29. The van der Waals surface area contributed by atoms with Gasteiger partial charge >= 0.3 is 5.97 Å². The van der Waals surface area contributed by atoms with Gasteiger partial charge in [-0.2, -0.15) is 0 Å². The lowest BCUT2D eigenvalue weighted by molar-refractivity contribution is 0.0698. The molecule has 1 N–H and O–H groups in total. The number of carboxylic acid groups (broad SMARTS) is 1. The predicted octanol–water partition coefficient (Wildman–Crippen LogP) is 2.70. The Kier molecular flexibility index (Phi) is 1.51. The molecule has 3 rings (SSSR count). The maximum atomic E-state index is 11.0. The van der Waals surface area contributed by atoms with E-state index in [-0.39, 0.29) is 5.56 Å². The van der Waals surface area contributed by atoms with Crippen molar-refractivity contribution in [1.29, 1.82) is 0 Å². The minimum absolute atomic E-state index is 0.232. The van der Waals surface area contributed by atoms with E-state index in [4.69, 9.17) is 9.52 Å². The van der Waals surface area contributed by atoms with Gasteiger partial charge in [0, 0.05) is 17.4 Å². The molecule has 0 unspecified atom stereocenters. The van der Waals surface area contributed by atoms with Crippen LogP contribution in [-0.2, 0) is 6.42 Å². The minimum Gasteiger partial charge on any atom is -0.478 e. The third-order valence-electron chi connectivity index (χ3n) is 2.65. The minimum atomic E-state index is -0.947. The number of carbonyl (C=O) groups is 1. The number of hydrogen-bond donors (Lipinski definition) is 1. The molecule has 1 heterocycles. The summed E-state index contributed by atoms with van der Waals surface area (Å²) in [6.07, 6.45) is 4.75. The highest BCUT2D eigenvalue weighted by molar-refractivity contribution is 6.04. The summed E-state index contributed by atoms with van der Waals surface area (Å²) in [5.41, 5.74) is 1.74. The smallest absolute Gasteiger partial charge is 0.339 e. The molecule has 1 aliphatic carbocycles. The second kappa shape index (κ2) is 2.73. The highest BCUT2D eigenvalue weighted by atomic mass is 16.4. The van der Waals surface area contributed by atoms with Crippen molar-refractivity contribution in [2.45, 2.75) is 6.42 Å². The van der Waals surface area contributed by atoms with Crippen LogP contribution in [0.25, 0.3) is 17.0 Å². The van der Waals surface area contributed by atoms with Gasteiger partial charge in [-0.1, -0.05) is 24.3 Å². The Morgan fingerprint density at radius 1 is 1.40 bits per heavy atom. The lowest BCUT2D eigenvalue weighted by Crippen LogP contribution is -1.95. The zero-order valence-electron chi connectivity index (χ0n) is 7.86. The maximum Gasteiger partial charge on any atom is 0.339 e. The van der Waals surface area contributed by atoms with Crippen molar-refractivity contribution >= 4 is 23.0 Å². The summed E-state index contributed by atoms with van der Waals surface area (Å²) in [5.74, 6) is -0.0873. The number of aromatic carboxylic acids is 1. The molecule has 0 spiro atoms. The molecule has 0 amide bonds. The highest BCUT2D eigenvalue weighted by Crippen LogP contribution is 2.33. The van der Waals surface area contributed by atoms with E-state index >= 15 is 0 Å². The van der Waals surface area contributed by atoms with Gasteiger partial charge in [-0.15, -0.1) is 0 Å². The Labute approximate surface area is 85.6 Å². The molecule has 1 aromatic carbocycles. The van der Waals surface area contributed by atoms with E-state index in [0.29, 0.717) is 5.58 Å². The normalized spacial score (nSPS) is 13.3. The number of furan rings is 1. The van der Waals surface area contributed by atoms with Gasteiger partial charge in [0.05, 0.1) is 0 Å². The lowest BCUT2D eigenvalue weighted by atomic mass is 10.1. The molecular formula is C12H8O3. The van der Waals surface area contributed by atoms with Gasteiger partial charge in [0.15, 0.2) is 0 Å². The van der Waals surface area contributed by atoms with Crippen molar-refractivity contribution in [2.75, 3.05) is 0 Å². The number of fused-ring (bicyclic) bond motifs is 3. The van der Waals surface area contributed by atoms with Gasteiger partial charge in [-0.05, 0) is 6.07 Å². The van der Waals surface area contributed by atoms with Crippen LogP contribution in [0, 0.1) is 0 Å². The third kappa shape index (κ3) is 1.03. The van der Waals surface area contributed by atoms with E-state index in [1.807, 2.05) is 18.2 Å². The average Bonchev–Trinajstić information content (AvgIpc) is 2.75. The van der Waals surface area contributed by atoms with Crippen molar-refractivity contribution in [1.82, 2.24) is 0 Å². The number of carboxylic acids is 1. The van der Waals surface area contributed by atoms with Crippen LogP contribution in [0.2, 0.25) is 0 Å². The summed E-state index contributed by atoms with van der Waals surface area (Å²) in [7, 11) is 0. The molecule has 2 aromatic rings. The first-order valence-corrected chi connectivity index (χ1v) is 4.71. The molecule has 3 heteroatoms. The van der Waals surface area contributed by atoms with Crippen molar-refractivity contribution < 1.29 is 14.3 Å². The molecule has 15 heavy (non-hydrogen) atoms. The van der Waals surface area contributed by atoms with Crippen LogP contribution in [0.15, 0.2) is 28.7 Å². The first-order chi connectivity index (χ1) is 7.27. The molecule has 74 valence electrons. The molecule has 0 aliphatic heterocycles. The summed E-state index contributed by atoms with van der Waals surface area (Å²) in [6.45, 7) is 0. The summed E-state index contributed by atoms with van der Waals surface area (Å²) in [6, 6.07) is 5.19. The number of rotatable bonds is 1. The predicted molar refractivity (Wildman–Crippen MR) is 55.9 cm³/mol. The van der Waals surface area contributed by atoms with E-state index in [9.17, 15) is 4.79 Å². The van der Waals surface area contributed by atoms with Crippen molar-refractivity contribution in [3.05, 3.63) is 41.2 Å². The van der Waals surface area contributed by atoms with Gasteiger partial charge in [-0.25, -0.2) is 4.79 Å². The Morgan fingerprint density at radius 2 is 2.27 bits per heavy atom. The van der Waals surface area contributed by atoms with Crippen LogP contribution in [0.1, 0.15) is 21.7 Å². The maximum absolute atomic E-state index is 11.0. The largest absolute Gasteiger partial charge is 0.478 e. The van der Waals surface area contributed by atoms with Gasteiger partial charge < -0.3 is 9.52 Å². The average molecular weight is 200 g/mol. The quantitative estimate of drug-likeness (QED) is 0.769. The molecular weight excluding hydrogens is 192 g/mol. The highest BCUT2D eigenvalue weighted by Gasteiger charge is 2.19. The second-order valence-electron chi connectivity index (χ2n) is 3.53. The Balaban J connectivity index is 2.42. The SMILES string of the molecule is O=C(O)c1cccc2c3c(oc12)CC=C3. The Bertz CT molecular complexity index is 590. The fraction of sp³-hybridized carbons (Fsp3) is 0.0833. The van der Waals surface area contributed by atoms with Crippen LogP contribution in [0.4, 0.5) is 0 Å². The topological polar surface area (TPSA) is 50.4 Å². The molecule has 0 saturated heterocycles. The van der Waals surface area contributed by atoms with Crippen molar-refractivity contribution in [3.8, 4) is 0 Å².